The number of aliphatic carboxylic acids is 1. The molecule has 102 valence electrons. The minimum Gasteiger partial charge on any atom is -0.481 e. The van der Waals surface area contributed by atoms with Gasteiger partial charge >= 0.3 is 5.97 Å². The van der Waals surface area contributed by atoms with E-state index in [1.54, 1.807) is 13.8 Å². The second-order valence-electron chi connectivity index (χ2n) is 5.47. The largest absolute Gasteiger partial charge is 0.481 e. The first-order valence-corrected chi connectivity index (χ1v) is 6.28. The van der Waals surface area contributed by atoms with Gasteiger partial charge in [-0.25, -0.2) is 4.98 Å². The number of rotatable bonds is 5. The Balaban J connectivity index is 2.00. The molecule has 19 heavy (non-hydrogen) atoms. The van der Waals surface area contributed by atoms with E-state index in [-0.39, 0.29) is 0 Å². The molecule has 1 aromatic heterocycles. The smallest absolute Gasteiger partial charge is 0.310 e. The number of H-pyrrole nitrogens is 1. The minimum atomic E-state index is -0.792. The van der Waals surface area contributed by atoms with E-state index < -0.39 is 11.4 Å². The number of fused-ring (bicyclic) bond motifs is 1. The molecule has 0 spiro atoms. The number of hydrogen-bond donors (Lipinski definition) is 3. The van der Waals surface area contributed by atoms with Gasteiger partial charge in [0.25, 0.3) is 0 Å². The van der Waals surface area contributed by atoms with Crippen molar-refractivity contribution in [3.05, 3.63) is 29.6 Å². The van der Waals surface area contributed by atoms with Crippen molar-refractivity contribution >= 4 is 17.0 Å². The Kier molecular flexibility index (Phi) is 3.57. The van der Waals surface area contributed by atoms with E-state index >= 15 is 0 Å². The SMILES string of the molecule is Cc1nc2ccc(CNCC(C)(C)C(=O)O)cc2[nH]1. The average Bonchev–Trinajstić information content (AvgIpc) is 2.68. The summed E-state index contributed by atoms with van der Waals surface area (Å²) in [5.74, 6) is 0.103. The molecule has 0 saturated carbocycles. The van der Waals surface area contributed by atoms with Crippen LogP contribution in [-0.2, 0) is 11.3 Å². The highest BCUT2D eigenvalue weighted by Gasteiger charge is 2.26. The van der Waals surface area contributed by atoms with Crippen LogP contribution in [0.5, 0.6) is 0 Å². The summed E-state index contributed by atoms with van der Waals surface area (Å²) >= 11 is 0. The van der Waals surface area contributed by atoms with Crippen molar-refractivity contribution in [1.82, 2.24) is 15.3 Å². The molecule has 0 aliphatic heterocycles. The topological polar surface area (TPSA) is 78.0 Å². The normalized spacial score (nSPS) is 11.9. The number of hydrogen-bond acceptors (Lipinski definition) is 3. The predicted octanol–water partition coefficient (Wildman–Crippen LogP) is 2.07. The van der Waals surface area contributed by atoms with E-state index in [9.17, 15) is 4.79 Å². The maximum absolute atomic E-state index is 11.0. The van der Waals surface area contributed by atoms with Crippen LogP contribution in [-0.4, -0.2) is 27.6 Å². The Hall–Kier alpha value is -1.88. The molecule has 0 atom stereocenters. The summed E-state index contributed by atoms with van der Waals surface area (Å²) in [4.78, 5) is 18.5. The lowest BCUT2D eigenvalue weighted by molar-refractivity contribution is -0.146. The highest BCUT2D eigenvalue weighted by molar-refractivity contribution is 5.76. The second kappa shape index (κ2) is 5.01. The Morgan fingerprint density at radius 3 is 2.89 bits per heavy atom. The molecular weight excluding hydrogens is 242 g/mol. The maximum Gasteiger partial charge on any atom is 0.310 e. The van der Waals surface area contributed by atoms with Crippen LogP contribution in [0, 0.1) is 12.3 Å². The van der Waals surface area contributed by atoms with Crippen LogP contribution >= 0.6 is 0 Å². The molecular formula is C14H19N3O2. The van der Waals surface area contributed by atoms with E-state index in [2.05, 4.69) is 15.3 Å². The summed E-state index contributed by atoms with van der Waals surface area (Å²) < 4.78 is 0. The Labute approximate surface area is 112 Å². The number of carbonyl (C=O) groups is 1. The summed E-state index contributed by atoms with van der Waals surface area (Å²) in [6, 6.07) is 6.01. The third kappa shape index (κ3) is 3.12. The van der Waals surface area contributed by atoms with Gasteiger partial charge < -0.3 is 15.4 Å². The number of nitrogens with one attached hydrogen (secondary N) is 2. The van der Waals surface area contributed by atoms with Gasteiger partial charge in [-0.3, -0.25) is 4.79 Å². The highest BCUT2D eigenvalue weighted by Crippen LogP contribution is 2.15. The number of imidazole rings is 1. The van der Waals surface area contributed by atoms with Gasteiger partial charge in [0.2, 0.25) is 0 Å². The highest BCUT2D eigenvalue weighted by atomic mass is 16.4. The van der Waals surface area contributed by atoms with Gasteiger partial charge in [-0.05, 0) is 38.5 Å². The zero-order valence-electron chi connectivity index (χ0n) is 11.4. The number of aromatic amines is 1. The number of benzene rings is 1. The Morgan fingerprint density at radius 1 is 1.47 bits per heavy atom. The van der Waals surface area contributed by atoms with Crippen molar-refractivity contribution in [2.24, 2.45) is 5.41 Å². The average molecular weight is 261 g/mol. The van der Waals surface area contributed by atoms with Crippen molar-refractivity contribution in [2.75, 3.05) is 6.54 Å². The van der Waals surface area contributed by atoms with Crippen LogP contribution in [0.15, 0.2) is 18.2 Å². The van der Waals surface area contributed by atoms with Crippen molar-refractivity contribution in [3.8, 4) is 0 Å². The van der Waals surface area contributed by atoms with E-state index in [0.717, 1.165) is 22.4 Å². The fourth-order valence-corrected chi connectivity index (χ4v) is 1.89. The first-order valence-electron chi connectivity index (χ1n) is 6.28. The molecule has 3 N–H and O–H groups in total. The zero-order chi connectivity index (χ0) is 14.0. The lowest BCUT2D eigenvalue weighted by atomic mass is 9.94. The van der Waals surface area contributed by atoms with Crippen molar-refractivity contribution < 1.29 is 9.90 Å². The van der Waals surface area contributed by atoms with Crippen molar-refractivity contribution in [1.29, 1.82) is 0 Å². The Morgan fingerprint density at radius 2 is 2.21 bits per heavy atom. The van der Waals surface area contributed by atoms with Crippen LogP contribution < -0.4 is 5.32 Å². The van der Waals surface area contributed by atoms with Crippen LogP contribution in [0.3, 0.4) is 0 Å². The number of nitrogens with zero attached hydrogens (tertiary/aromatic N) is 1. The molecule has 0 fully saturated rings. The van der Waals surface area contributed by atoms with Crippen molar-refractivity contribution in [2.45, 2.75) is 27.3 Å². The van der Waals surface area contributed by atoms with E-state index in [0.29, 0.717) is 13.1 Å². The summed E-state index contributed by atoms with van der Waals surface area (Å²) in [6.45, 7) is 6.42. The second-order valence-corrected chi connectivity index (χ2v) is 5.47. The molecule has 0 amide bonds. The van der Waals surface area contributed by atoms with Gasteiger partial charge in [0.15, 0.2) is 0 Å². The summed E-state index contributed by atoms with van der Waals surface area (Å²) in [7, 11) is 0. The van der Waals surface area contributed by atoms with Gasteiger partial charge in [0, 0.05) is 13.1 Å². The van der Waals surface area contributed by atoms with Crippen LogP contribution in [0.25, 0.3) is 11.0 Å². The first-order chi connectivity index (χ1) is 8.88. The van der Waals surface area contributed by atoms with Gasteiger partial charge in [-0.15, -0.1) is 0 Å². The Bertz CT molecular complexity index is 602. The molecule has 0 aliphatic rings. The molecule has 0 bridgehead atoms. The quantitative estimate of drug-likeness (QED) is 0.770. The molecule has 2 aromatic rings. The fraction of sp³-hybridized carbons (Fsp3) is 0.429. The summed E-state index contributed by atoms with van der Waals surface area (Å²) in [6.07, 6.45) is 0. The van der Waals surface area contributed by atoms with Crippen LogP contribution in [0.2, 0.25) is 0 Å². The molecule has 2 rings (SSSR count). The lowest BCUT2D eigenvalue weighted by Crippen LogP contribution is -2.35. The molecule has 1 heterocycles. The van der Waals surface area contributed by atoms with Crippen molar-refractivity contribution in [3.63, 3.8) is 0 Å². The fourth-order valence-electron chi connectivity index (χ4n) is 1.89. The maximum atomic E-state index is 11.0. The molecule has 5 nitrogen and oxygen atoms in total. The molecule has 0 unspecified atom stereocenters. The third-order valence-electron chi connectivity index (χ3n) is 3.14. The molecule has 5 heteroatoms. The summed E-state index contributed by atoms with van der Waals surface area (Å²) in [5, 5.41) is 12.2. The zero-order valence-corrected chi connectivity index (χ0v) is 11.4. The lowest BCUT2D eigenvalue weighted by Gasteiger charge is -2.19. The molecule has 1 aromatic carbocycles. The van der Waals surface area contributed by atoms with Gasteiger partial charge in [-0.1, -0.05) is 6.07 Å². The molecule has 0 radical (unpaired) electrons. The van der Waals surface area contributed by atoms with Gasteiger partial charge in [-0.2, -0.15) is 0 Å². The standard InChI is InChI=1S/C14H19N3O2/c1-9-16-11-5-4-10(6-12(11)17-9)7-15-8-14(2,3)13(18)19/h4-6,15H,7-8H2,1-3H3,(H,16,17)(H,18,19). The predicted molar refractivity (Wildman–Crippen MR) is 74.0 cm³/mol. The summed E-state index contributed by atoms with van der Waals surface area (Å²) in [5.41, 5.74) is 2.31. The van der Waals surface area contributed by atoms with E-state index in [1.165, 1.54) is 0 Å². The van der Waals surface area contributed by atoms with Crippen LogP contribution in [0.1, 0.15) is 25.2 Å². The molecule has 0 saturated heterocycles. The van der Waals surface area contributed by atoms with Crippen LogP contribution in [0.4, 0.5) is 0 Å². The number of carboxylic acids is 1. The van der Waals surface area contributed by atoms with E-state index in [1.807, 2.05) is 25.1 Å². The number of carboxylic acid groups (broad SMARTS) is 1. The number of aryl methyl sites for hydroxylation is 1. The van der Waals surface area contributed by atoms with Gasteiger partial charge in [0.1, 0.15) is 5.82 Å². The third-order valence-corrected chi connectivity index (χ3v) is 3.14. The monoisotopic (exact) mass is 261 g/mol. The molecule has 0 aliphatic carbocycles. The number of aromatic nitrogens is 2. The first kappa shape index (κ1) is 13.5. The minimum absolute atomic E-state index is 0.433. The van der Waals surface area contributed by atoms with E-state index in [4.69, 9.17) is 5.11 Å². The van der Waals surface area contributed by atoms with Gasteiger partial charge in [0.05, 0.1) is 16.4 Å².